The van der Waals surface area contributed by atoms with Crippen LogP contribution in [0, 0.1) is 6.92 Å². The van der Waals surface area contributed by atoms with Crippen molar-refractivity contribution in [1.29, 1.82) is 0 Å². The van der Waals surface area contributed by atoms with E-state index in [1.165, 1.54) is 12.7 Å². The highest BCUT2D eigenvalue weighted by Gasteiger charge is 2.34. The van der Waals surface area contributed by atoms with Gasteiger partial charge >= 0.3 is 5.97 Å². The summed E-state index contributed by atoms with van der Waals surface area (Å²) in [5.41, 5.74) is 4.24. The minimum atomic E-state index is -0.295. The second-order valence-electron chi connectivity index (χ2n) is 7.04. The lowest BCUT2D eigenvalue weighted by Crippen LogP contribution is -2.44. The number of methoxy groups -OCH3 is 1. The van der Waals surface area contributed by atoms with Crippen LogP contribution in [0.5, 0.6) is 0 Å². The van der Waals surface area contributed by atoms with Gasteiger partial charge in [0.05, 0.1) is 24.4 Å². The number of benzene rings is 1. The largest absolute Gasteiger partial charge is 0.468 e. The average Bonchev–Trinajstić information content (AvgIpc) is 3.39. The topological polar surface area (TPSA) is 62.7 Å². The van der Waals surface area contributed by atoms with Gasteiger partial charge in [0.15, 0.2) is 0 Å². The molecule has 2 aromatic rings. The molecule has 3 heterocycles. The first kappa shape index (κ1) is 18.1. The number of likely N-dealkylation sites (tertiary alicyclic amines) is 1. The van der Waals surface area contributed by atoms with E-state index in [2.05, 4.69) is 16.4 Å². The Morgan fingerprint density at radius 3 is 2.93 bits per heavy atom. The highest BCUT2D eigenvalue weighted by Crippen LogP contribution is 2.33. The highest BCUT2D eigenvalue weighted by atomic mass is 32.1. The molecule has 1 unspecified atom stereocenters. The lowest BCUT2D eigenvalue weighted by atomic mass is 10.1. The molecule has 4 rings (SSSR count). The molecule has 1 atom stereocenters. The molecule has 1 fully saturated rings. The number of amides is 1. The van der Waals surface area contributed by atoms with Crippen molar-refractivity contribution in [2.45, 2.75) is 32.2 Å². The van der Waals surface area contributed by atoms with Crippen LogP contribution in [0.25, 0.3) is 11.3 Å². The van der Waals surface area contributed by atoms with Gasteiger partial charge in [0, 0.05) is 23.2 Å². The molecular weight excluding hydrogens is 362 g/mol. The molecule has 0 aliphatic carbocycles. The van der Waals surface area contributed by atoms with Crippen LogP contribution in [0.3, 0.4) is 0 Å². The quantitative estimate of drug-likeness (QED) is 0.757. The number of carbonyl (C=O) groups excluding carboxylic acids is 2. The Labute approximate surface area is 162 Å². The molecule has 2 aliphatic rings. The van der Waals surface area contributed by atoms with E-state index in [-0.39, 0.29) is 24.5 Å². The Hall–Kier alpha value is -2.25. The summed E-state index contributed by atoms with van der Waals surface area (Å²) in [5, 5.41) is 3.11. The van der Waals surface area contributed by atoms with E-state index in [0.29, 0.717) is 6.54 Å². The molecule has 0 spiro atoms. The first-order valence-corrected chi connectivity index (χ1v) is 10.1. The molecular formula is C20H23N3O3S. The lowest BCUT2D eigenvalue weighted by molar-refractivity contribution is -0.146. The van der Waals surface area contributed by atoms with Gasteiger partial charge < -0.3 is 9.64 Å². The molecule has 1 amide bonds. The third-order valence-electron chi connectivity index (χ3n) is 5.37. The van der Waals surface area contributed by atoms with E-state index in [0.717, 1.165) is 47.8 Å². The third-order valence-corrected chi connectivity index (χ3v) is 6.14. The zero-order valence-electron chi connectivity index (χ0n) is 15.6. The Bertz CT molecular complexity index is 879. The molecule has 1 aromatic heterocycles. The molecule has 142 valence electrons. The standard InChI is InChI=1S/C20H23N3O3S/c1-13-21-16(12-27-13)14-5-6-17-15(10-14)7-9-23(17)19(24)11-22-8-3-4-18(22)20(25)26-2/h5-6,10,12,18H,3-4,7-9,11H2,1-2H3. The Morgan fingerprint density at radius 1 is 1.33 bits per heavy atom. The fraction of sp³-hybridized carbons (Fsp3) is 0.450. The van der Waals surface area contributed by atoms with E-state index < -0.39 is 0 Å². The summed E-state index contributed by atoms with van der Waals surface area (Å²) in [6.45, 7) is 3.70. The maximum absolute atomic E-state index is 12.9. The summed E-state index contributed by atoms with van der Waals surface area (Å²) in [6, 6.07) is 5.90. The van der Waals surface area contributed by atoms with Gasteiger partial charge in [-0.25, -0.2) is 4.98 Å². The number of ether oxygens (including phenoxy) is 1. The van der Waals surface area contributed by atoms with Gasteiger partial charge in [0.25, 0.3) is 0 Å². The van der Waals surface area contributed by atoms with Crippen molar-refractivity contribution in [3.63, 3.8) is 0 Å². The van der Waals surface area contributed by atoms with Crippen LogP contribution in [0.15, 0.2) is 23.6 Å². The van der Waals surface area contributed by atoms with Crippen molar-refractivity contribution in [1.82, 2.24) is 9.88 Å². The monoisotopic (exact) mass is 385 g/mol. The van der Waals surface area contributed by atoms with E-state index in [9.17, 15) is 9.59 Å². The minimum Gasteiger partial charge on any atom is -0.468 e. The summed E-state index contributed by atoms with van der Waals surface area (Å²) in [6.07, 6.45) is 2.52. The van der Waals surface area contributed by atoms with Gasteiger partial charge in [-0.15, -0.1) is 11.3 Å². The summed E-state index contributed by atoms with van der Waals surface area (Å²) in [4.78, 5) is 33.1. The van der Waals surface area contributed by atoms with Crippen LogP contribution in [0.1, 0.15) is 23.4 Å². The normalized spacial score (nSPS) is 19.3. The van der Waals surface area contributed by atoms with Crippen LogP contribution in [0.4, 0.5) is 5.69 Å². The first-order chi connectivity index (χ1) is 13.1. The Kier molecular flexibility index (Phi) is 4.97. The molecule has 1 aromatic carbocycles. The van der Waals surface area contributed by atoms with Gasteiger partial charge in [-0.2, -0.15) is 0 Å². The maximum atomic E-state index is 12.9. The van der Waals surface area contributed by atoms with Crippen LogP contribution in [0.2, 0.25) is 0 Å². The van der Waals surface area contributed by atoms with Gasteiger partial charge in [-0.1, -0.05) is 6.07 Å². The predicted molar refractivity (Wildman–Crippen MR) is 105 cm³/mol. The summed E-state index contributed by atoms with van der Waals surface area (Å²) >= 11 is 1.64. The number of carbonyl (C=O) groups is 2. The molecule has 0 N–H and O–H groups in total. The van der Waals surface area contributed by atoms with Gasteiger partial charge in [0.1, 0.15) is 6.04 Å². The molecule has 6 nitrogen and oxygen atoms in total. The average molecular weight is 385 g/mol. The third kappa shape index (κ3) is 3.49. The Morgan fingerprint density at radius 2 is 2.19 bits per heavy atom. The van der Waals surface area contributed by atoms with Crippen LogP contribution in [-0.2, 0) is 20.7 Å². The van der Waals surface area contributed by atoms with Gasteiger partial charge in [-0.3, -0.25) is 14.5 Å². The molecule has 0 bridgehead atoms. The van der Waals surface area contributed by atoms with Crippen molar-refractivity contribution in [2.24, 2.45) is 0 Å². The van der Waals surface area contributed by atoms with Crippen molar-refractivity contribution in [2.75, 3.05) is 31.6 Å². The van der Waals surface area contributed by atoms with E-state index in [1.807, 2.05) is 28.9 Å². The van der Waals surface area contributed by atoms with Gasteiger partial charge in [-0.05, 0) is 50.4 Å². The summed E-state index contributed by atoms with van der Waals surface area (Å²) < 4.78 is 4.87. The molecule has 1 saturated heterocycles. The number of fused-ring (bicyclic) bond motifs is 1. The lowest BCUT2D eigenvalue weighted by Gasteiger charge is -2.25. The van der Waals surface area contributed by atoms with Gasteiger partial charge in [0.2, 0.25) is 5.91 Å². The summed E-state index contributed by atoms with van der Waals surface area (Å²) in [7, 11) is 1.40. The van der Waals surface area contributed by atoms with E-state index >= 15 is 0 Å². The van der Waals surface area contributed by atoms with Crippen LogP contribution >= 0.6 is 11.3 Å². The van der Waals surface area contributed by atoms with Crippen molar-refractivity contribution in [3.05, 3.63) is 34.2 Å². The number of hydrogen-bond donors (Lipinski definition) is 0. The zero-order valence-corrected chi connectivity index (χ0v) is 16.4. The number of esters is 1. The number of aryl methyl sites for hydroxylation is 1. The number of rotatable bonds is 4. The fourth-order valence-corrected chi connectivity index (χ4v) is 4.62. The van der Waals surface area contributed by atoms with Crippen LogP contribution < -0.4 is 4.90 Å². The molecule has 2 aliphatic heterocycles. The zero-order chi connectivity index (χ0) is 19.0. The maximum Gasteiger partial charge on any atom is 0.323 e. The van der Waals surface area contributed by atoms with Crippen molar-refractivity contribution in [3.8, 4) is 11.3 Å². The number of nitrogens with zero attached hydrogens (tertiary/aromatic N) is 3. The van der Waals surface area contributed by atoms with E-state index in [4.69, 9.17) is 4.74 Å². The highest BCUT2D eigenvalue weighted by molar-refractivity contribution is 7.09. The van der Waals surface area contributed by atoms with E-state index in [1.54, 1.807) is 11.3 Å². The molecule has 27 heavy (non-hydrogen) atoms. The predicted octanol–water partition coefficient (Wildman–Crippen LogP) is 2.65. The number of aromatic nitrogens is 1. The number of hydrogen-bond acceptors (Lipinski definition) is 6. The van der Waals surface area contributed by atoms with Crippen molar-refractivity contribution >= 4 is 28.9 Å². The second kappa shape index (κ2) is 7.40. The molecule has 0 saturated carbocycles. The Balaban J connectivity index is 1.49. The summed E-state index contributed by atoms with van der Waals surface area (Å²) in [5.74, 6) is -0.202. The molecule has 7 heteroatoms. The number of thiazole rings is 1. The van der Waals surface area contributed by atoms with Crippen LogP contribution in [-0.4, -0.2) is 54.5 Å². The first-order valence-electron chi connectivity index (χ1n) is 9.24. The molecule has 0 radical (unpaired) electrons. The second-order valence-corrected chi connectivity index (χ2v) is 8.10. The van der Waals surface area contributed by atoms with Crippen molar-refractivity contribution < 1.29 is 14.3 Å². The fourth-order valence-electron chi connectivity index (χ4n) is 3.99. The SMILES string of the molecule is COC(=O)C1CCCN1CC(=O)N1CCc2cc(-c3csc(C)n3)ccc21. The smallest absolute Gasteiger partial charge is 0.323 e. The minimum absolute atomic E-state index is 0.0433. The number of anilines is 1.